The third-order valence-electron chi connectivity index (χ3n) is 4.16. The molecule has 4 amide bonds. The van der Waals surface area contributed by atoms with E-state index in [2.05, 4.69) is 0 Å². The minimum absolute atomic E-state index is 0.0354. The number of nitrogens with zero attached hydrogens (tertiary/aromatic N) is 2. The maximum atomic E-state index is 12.9. The molecule has 0 aromatic rings. The quantitative estimate of drug-likeness (QED) is 0.740. The lowest BCUT2D eigenvalue weighted by Crippen LogP contribution is -2.46. The van der Waals surface area contributed by atoms with Crippen LogP contribution in [-0.4, -0.2) is 57.2 Å². The highest BCUT2D eigenvalue weighted by atomic mass is 19.3. The largest absolute Gasteiger partial charge is 0.298 e. The van der Waals surface area contributed by atoms with Gasteiger partial charge in [-0.3, -0.25) is 33.8 Å². The van der Waals surface area contributed by atoms with Crippen LogP contribution >= 0.6 is 0 Å². The molecule has 2 aliphatic heterocycles. The Kier molecular flexibility index (Phi) is 6.50. The van der Waals surface area contributed by atoms with Crippen LogP contribution in [0, 0.1) is 0 Å². The van der Waals surface area contributed by atoms with Crippen molar-refractivity contribution in [3.63, 3.8) is 0 Å². The zero-order valence-corrected chi connectivity index (χ0v) is 14.7. The number of Topliss-reactive ketones (excluding diaryl/α,β-unsaturated/α-hetero) is 1. The van der Waals surface area contributed by atoms with Crippen LogP contribution in [0.3, 0.4) is 0 Å². The van der Waals surface area contributed by atoms with Crippen LogP contribution in [0.2, 0.25) is 0 Å². The highest BCUT2D eigenvalue weighted by molar-refractivity contribution is 6.02. The molecule has 2 rings (SSSR count). The fraction of sp³-hybridized carbons (Fsp3) is 0.688. The van der Waals surface area contributed by atoms with Crippen LogP contribution in [0.5, 0.6) is 0 Å². The molecule has 9 heteroatoms. The Morgan fingerprint density at radius 1 is 0.920 bits per heavy atom. The summed E-state index contributed by atoms with van der Waals surface area (Å²) in [6.07, 6.45) is 0.882. The molecule has 2 heterocycles. The van der Waals surface area contributed by atoms with Gasteiger partial charge in [-0.2, -0.15) is 0 Å². The average molecular weight is 360 g/mol. The number of halogens is 2. The fourth-order valence-corrected chi connectivity index (χ4v) is 3.02. The zero-order valence-electron chi connectivity index (χ0n) is 14.7. The lowest BCUT2D eigenvalue weighted by molar-refractivity contribution is -0.150. The van der Waals surface area contributed by atoms with Gasteiger partial charge in [0.2, 0.25) is 23.6 Å². The molecule has 2 aliphatic rings. The smallest absolute Gasteiger partial charge is 0.265 e. The lowest BCUT2D eigenvalue weighted by Gasteiger charge is -2.26. The van der Waals surface area contributed by atoms with Crippen molar-refractivity contribution >= 4 is 29.4 Å². The number of carbonyl (C=O) groups excluding carboxylic acids is 5. The van der Waals surface area contributed by atoms with E-state index >= 15 is 0 Å². The summed E-state index contributed by atoms with van der Waals surface area (Å²) in [7, 11) is 0. The Hall–Kier alpha value is -2.19. The molecule has 0 bridgehead atoms. The molecule has 0 N–H and O–H groups in total. The van der Waals surface area contributed by atoms with E-state index in [4.69, 9.17) is 0 Å². The van der Waals surface area contributed by atoms with Gasteiger partial charge in [0.25, 0.3) is 5.92 Å². The number of likely N-dealkylation sites (tertiary alicyclic amines) is 2. The van der Waals surface area contributed by atoms with Crippen LogP contribution in [0.25, 0.3) is 0 Å². The summed E-state index contributed by atoms with van der Waals surface area (Å²) < 4.78 is 25.7. The monoisotopic (exact) mass is 360 g/mol. The molecule has 0 saturated carbocycles. The summed E-state index contributed by atoms with van der Waals surface area (Å²) in [5, 5.41) is 0. The topological polar surface area (TPSA) is 91.8 Å². The zero-order chi connectivity index (χ0) is 19.5. The number of carbonyl (C=O) groups is 5. The number of hydrogen-bond donors (Lipinski definition) is 0. The van der Waals surface area contributed by atoms with Gasteiger partial charge in [0.15, 0.2) is 5.78 Å². The van der Waals surface area contributed by atoms with Crippen LogP contribution in [0.1, 0.15) is 53.4 Å². The second-order valence-corrected chi connectivity index (χ2v) is 6.24. The van der Waals surface area contributed by atoms with Gasteiger partial charge < -0.3 is 0 Å². The van der Waals surface area contributed by atoms with Gasteiger partial charge >= 0.3 is 0 Å². The molecule has 0 aromatic carbocycles. The second-order valence-electron chi connectivity index (χ2n) is 6.24. The van der Waals surface area contributed by atoms with Gasteiger partial charge in [0.05, 0.1) is 6.04 Å². The summed E-state index contributed by atoms with van der Waals surface area (Å²) in [4.78, 5) is 56.6. The van der Waals surface area contributed by atoms with Crippen LogP contribution in [-0.2, 0) is 24.0 Å². The third-order valence-corrected chi connectivity index (χ3v) is 4.16. The molecule has 0 spiro atoms. The Bertz CT molecular complexity index is 600. The molecule has 7 nitrogen and oxygen atoms in total. The fourth-order valence-electron chi connectivity index (χ4n) is 3.02. The molecular formula is C16H22F2N2O5. The van der Waals surface area contributed by atoms with E-state index in [0.717, 1.165) is 18.7 Å². The van der Waals surface area contributed by atoms with Gasteiger partial charge in [0.1, 0.15) is 6.04 Å². The van der Waals surface area contributed by atoms with Crippen molar-refractivity contribution < 1.29 is 32.8 Å². The standard InChI is InChI=1S/C8H11F2NO2.C8H11NO3/c1-5(12)11-6(8(2,9)10)3-4-7(11)13;1-5(10)7-3-4-8(12)9(7)6(2)11/h6H,3-4H2,1-2H3;7H,3-4H2,1-2H3. The van der Waals surface area contributed by atoms with Gasteiger partial charge in [-0.15, -0.1) is 0 Å². The van der Waals surface area contributed by atoms with E-state index in [1.165, 1.54) is 13.8 Å². The number of amides is 4. The molecule has 2 fully saturated rings. The maximum absolute atomic E-state index is 12.9. The van der Waals surface area contributed by atoms with Crippen LogP contribution < -0.4 is 0 Å². The number of rotatable bonds is 2. The molecule has 0 radical (unpaired) electrons. The highest BCUT2D eigenvalue weighted by Gasteiger charge is 2.46. The summed E-state index contributed by atoms with van der Waals surface area (Å²) in [6.45, 7) is 4.56. The number of alkyl halides is 2. The Labute approximate surface area is 144 Å². The van der Waals surface area contributed by atoms with Crippen molar-refractivity contribution in [1.29, 1.82) is 0 Å². The number of hydrogen-bond acceptors (Lipinski definition) is 5. The minimum Gasteiger partial charge on any atom is -0.298 e. The summed E-state index contributed by atoms with van der Waals surface area (Å²) in [6, 6.07) is -1.76. The Morgan fingerprint density at radius 3 is 1.68 bits per heavy atom. The second kappa shape index (κ2) is 7.79. The predicted molar refractivity (Wildman–Crippen MR) is 82.4 cm³/mol. The Balaban J connectivity index is 0.000000251. The third kappa shape index (κ3) is 4.90. The van der Waals surface area contributed by atoms with Gasteiger partial charge in [-0.1, -0.05) is 0 Å². The van der Waals surface area contributed by atoms with E-state index < -0.39 is 29.8 Å². The highest BCUT2D eigenvalue weighted by Crippen LogP contribution is 2.31. The maximum Gasteiger partial charge on any atom is 0.265 e. The number of ketones is 1. The van der Waals surface area contributed by atoms with Crippen LogP contribution in [0.4, 0.5) is 8.78 Å². The lowest BCUT2D eigenvalue weighted by atomic mass is 10.1. The molecule has 2 atom stereocenters. The van der Waals surface area contributed by atoms with Crippen molar-refractivity contribution in [1.82, 2.24) is 9.80 Å². The van der Waals surface area contributed by atoms with E-state index in [9.17, 15) is 32.8 Å². The molecule has 0 aliphatic carbocycles. The first-order valence-corrected chi connectivity index (χ1v) is 7.91. The molecule has 25 heavy (non-hydrogen) atoms. The normalized spacial score (nSPS) is 23.4. The number of imide groups is 2. The van der Waals surface area contributed by atoms with E-state index in [1.807, 2.05) is 0 Å². The van der Waals surface area contributed by atoms with E-state index in [1.54, 1.807) is 0 Å². The average Bonchev–Trinajstić information content (AvgIpc) is 3.01. The molecule has 2 saturated heterocycles. The molecular weight excluding hydrogens is 338 g/mol. The predicted octanol–water partition coefficient (Wildman–Crippen LogP) is 1.29. The van der Waals surface area contributed by atoms with Gasteiger partial charge in [0, 0.05) is 33.6 Å². The summed E-state index contributed by atoms with van der Waals surface area (Å²) in [5.41, 5.74) is 0. The van der Waals surface area contributed by atoms with Crippen molar-refractivity contribution in [2.45, 2.75) is 71.4 Å². The first kappa shape index (κ1) is 20.9. The van der Waals surface area contributed by atoms with E-state index in [-0.39, 0.29) is 30.4 Å². The van der Waals surface area contributed by atoms with Crippen molar-refractivity contribution in [2.24, 2.45) is 0 Å². The Morgan fingerprint density at radius 2 is 1.36 bits per heavy atom. The molecule has 140 valence electrons. The van der Waals surface area contributed by atoms with E-state index in [0.29, 0.717) is 17.7 Å². The van der Waals surface area contributed by atoms with Crippen molar-refractivity contribution in [3.05, 3.63) is 0 Å². The van der Waals surface area contributed by atoms with Gasteiger partial charge in [-0.05, 0) is 19.8 Å². The van der Waals surface area contributed by atoms with Crippen LogP contribution in [0.15, 0.2) is 0 Å². The SMILES string of the molecule is CC(=O)C1CCC(=O)N1C(C)=O.CC(=O)N1C(=O)CCC1C(C)(F)F. The first-order chi connectivity index (χ1) is 11.4. The summed E-state index contributed by atoms with van der Waals surface area (Å²) in [5.74, 6) is -4.79. The van der Waals surface area contributed by atoms with Crippen molar-refractivity contribution in [2.75, 3.05) is 0 Å². The first-order valence-electron chi connectivity index (χ1n) is 7.91. The summed E-state index contributed by atoms with van der Waals surface area (Å²) >= 11 is 0. The van der Waals surface area contributed by atoms with Gasteiger partial charge in [-0.25, -0.2) is 8.78 Å². The molecule has 2 unspecified atom stereocenters. The minimum atomic E-state index is -3.00. The van der Waals surface area contributed by atoms with Crippen molar-refractivity contribution in [3.8, 4) is 0 Å². The molecule has 0 aromatic heterocycles.